The van der Waals surface area contributed by atoms with E-state index in [1.807, 2.05) is 24.3 Å². The number of hydrogen-bond acceptors (Lipinski definition) is 4. The SMILES string of the molecule is Brc1cc2c(cc1OC[C@H](Cc1ccccc1)NCc1ccccc1)OCO2. The third-order valence-corrected chi connectivity index (χ3v) is 5.25. The molecule has 3 aromatic carbocycles. The minimum atomic E-state index is 0.167. The summed E-state index contributed by atoms with van der Waals surface area (Å²) in [5, 5.41) is 3.63. The summed E-state index contributed by atoms with van der Waals surface area (Å²) >= 11 is 3.56. The molecule has 28 heavy (non-hydrogen) atoms. The van der Waals surface area contributed by atoms with Gasteiger partial charge in [-0.15, -0.1) is 0 Å². The smallest absolute Gasteiger partial charge is 0.231 e. The summed E-state index contributed by atoms with van der Waals surface area (Å²) in [6, 6.07) is 24.8. The van der Waals surface area contributed by atoms with E-state index >= 15 is 0 Å². The van der Waals surface area contributed by atoms with Crippen LogP contribution in [0.15, 0.2) is 77.3 Å². The van der Waals surface area contributed by atoms with E-state index in [0.717, 1.165) is 34.7 Å². The molecule has 0 fully saturated rings. The Kier molecular flexibility index (Phi) is 6.14. The van der Waals surface area contributed by atoms with Crippen molar-refractivity contribution in [3.05, 3.63) is 88.4 Å². The number of fused-ring (bicyclic) bond motifs is 1. The quantitative estimate of drug-likeness (QED) is 0.538. The predicted octanol–water partition coefficient (Wildman–Crippen LogP) is 4.96. The lowest BCUT2D eigenvalue weighted by Gasteiger charge is -2.20. The van der Waals surface area contributed by atoms with Crippen LogP contribution in [0.4, 0.5) is 0 Å². The van der Waals surface area contributed by atoms with E-state index in [-0.39, 0.29) is 12.8 Å². The maximum Gasteiger partial charge on any atom is 0.231 e. The Morgan fingerprint density at radius 3 is 2.25 bits per heavy atom. The largest absolute Gasteiger partial charge is 0.491 e. The Labute approximate surface area is 173 Å². The van der Waals surface area contributed by atoms with Crippen molar-refractivity contribution in [2.75, 3.05) is 13.4 Å². The molecule has 0 spiro atoms. The van der Waals surface area contributed by atoms with E-state index in [1.54, 1.807) is 0 Å². The number of halogens is 1. The van der Waals surface area contributed by atoms with Gasteiger partial charge in [0.1, 0.15) is 12.4 Å². The zero-order valence-corrected chi connectivity index (χ0v) is 17.0. The van der Waals surface area contributed by atoms with Gasteiger partial charge in [0, 0.05) is 24.7 Å². The second kappa shape index (κ2) is 9.13. The van der Waals surface area contributed by atoms with Crippen LogP contribution < -0.4 is 19.5 Å². The van der Waals surface area contributed by atoms with Crippen LogP contribution in [-0.4, -0.2) is 19.4 Å². The molecule has 4 nitrogen and oxygen atoms in total. The Bertz CT molecular complexity index is 902. The van der Waals surface area contributed by atoms with Gasteiger partial charge in [-0.25, -0.2) is 0 Å². The number of rotatable bonds is 8. The summed E-state index contributed by atoms with van der Waals surface area (Å²) in [6.45, 7) is 1.59. The van der Waals surface area contributed by atoms with Crippen molar-refractivity contribution in [3.8, 4) is 17.2 Å². The van der Waals surface area contributed by atoms with Crippen LogP contribution >= 0.6 is 15.9 Å². The van der Waals surface area contributed by atoms with Gasteiger partial charge in [-0.3, -0.25) is 0 Å². The maximum atomic E-state index is 6.14. The van der Waals surface area contributed by atoms with Gasteiger partial charge in [-0.2, -0.15) is 0 Å². The molecule has 1 heterocycles. The molecule has 1 aliphatic rings. The van der Waals surface area contributed by atoms with E-state index in [0.29, 0.717) is 6.61 Å². The van der Waals surface area contributed by atoms with Crippen LogP contribution in [0.2, 0.25) is 0 Å². The fourth-order valence-corrected chi connectivity index (χ4v) is 3.58. The first kappa shape index (κ1) is 18.8. The van der Waals surface area contributed by atoms with Crippen LogP contribution in [0, 0.1) is 0 Å². The zero-order valence-electron chi connectivity index (χ0n) is 15.4. The molecule has 1 atom stereocenters. The van der Waals surface area contributed by atoms with E-state index < -0.39 is 0 Å². The lowest BCUT2D eigenvalue weighted by Crippen LogP contribution is -2.36. The minimum Gasteiger partial charge on any atom is -0.491 e. The number of nitrogens with one attached hydrogen (secondary N) is 1. The molecule has 0 saturated carbocycles. The maximum absolute atomic E-state index is 6.14. The van der Waals surface area contributed by atoms with Crippen LogP contribution in [0.25, 0.3) is 0 Å². The van der Waals surface area contributed by atoms with Gasteiger partial charge in [0.15, 0.2) is 11.5 Å². The highest BCUT2D eigenvalue weighted by atomic mass is 79.9. The van der Waals surface area contributed by atoms with Crippen LogP contribution in [0.1, 0.15) is 11.1 Å². The molecule has 0 unspecified atom stereocenters. The summed E-state index contributed by atoms with van der Waals surface area (Å²) in [7, 11) is 0. The molecule has 0 radical (unpaired) electrons. The average Bonchev–Trinajstić information content (AvgIpc) is 3.18. The molecule has 0 saturated heterocycles. The van der Waals surface area contributed by atoms with Crippen LogP contribution in [-0.2, 0) is 13.0 Å². The molecule has 4 rings (SSSR count). The normalized spacial score (nSPS) is 13.3. The highest BCUT2D eigenvalue weighted by molar-refractivity contribution is 9.10. The summed E-state index contributed by atoms with van der Waals surface area (Å²) in [5.41, 5.74) is 2.53. The molecule has 0 aliphatic carbocycles. The molecule has 3 aromatic rings. The van der Waals surface area contributed by atoms with E-state index in [9.17, 15) is 0 Å². The molecule has 1 aliphatic heterocycles. The van der Waals surface area contributed by atoms with Gasteiger partial charge in [-0.1, -0.05) is 60.7 Å². The van der Waals surface area contributed by atoms with Crippen molar-refractivity contribution in [1.82, 2.24) is 5.32 Å². The fourth-order valence-electron chi connectivity index (χ4n) is 3.15. The minimum absolute atomic E-state index is 0.167. The molecule has 144 valence electrons. The van der Waals surface area contributed by atoms with Gasteiger partial charge in [-0.05, 0) is 33.5 Å². The van der Waals surface area contributed by atoms with Crippen molar-refractivity contribution < 1.29 is 14.2 Å². The highest BCUT2D eigenvalue weighted by Gasteiger charge is 2.18. The van der Waals surface area contributed by atoms with Gasteiger partial charge in [0.05, 0.1) is 4.47 Å². The van der Waals surface area contributed by atoms with Crippen LogP contribution in [0.3, 0.4) is 0 Å². The molecule has 0 amide bonds. The summed E-state index contributed by atoms with van der Waals surface area (Å²) in [6.07, 6.45) is 0.885. The van der Waals surface area contributed by atoms with Crippen molar-refractivity contribution in [2.45, 2.75) is 19.0 Å². The first-order valence-corrected chi connectivity index (χ1v) is 10.1. The Hall–Kier alpha value is -2.50. The van der Waals surface area contributed by atoms with Crippen molar-refractivity contribution in [1.29, 1.82) is 0 Å². The van der Waals surface area contributed by atoms with Gasteiger partial charge < -0.3 is 19.5 Å². The molecular weight excluding hydrogens is 418 g/mol. The topological polar surface area (TPSA) is 39.7 Å². The summed E-state index contributed by atoms with van der Waals surface area (Å²) in [5.74, 6) is 2.21. The second-order valence-corrected chi connectivity index (χ2v) is 7.55. The lowest BCUT2D eigenvalue weighted by atomic mass is 10.1. The first-order valence-electron chi connectivity index (χ1n) is 9.31. The standard InChI is InChI=1S/C23H22BrNO3/c24-20-12-22-23(28-16-27-22)13-21(20)26-15-19(11-17-7-3-1-4-8-17)25-14-18-9-5-2-6-10-18/h1-10,12-13,19,25H,11,14-16H2/t19-/m0/s1. The zero-order chi connectivity index (χ0) is 19.2. The monoisotopic (exact) mass is 439 g/mol. The van der Waals surface area contributed by atoms with E-state index in [1.165, 1.54) is 11.1 Å². The second-order valence-electron chi connectivity index (χ2n) is 6.70. The van der Waals surface area contributed by atoms with E-state index in [4.69, 9.17) is 14.2 Å². The Morgan fingerprint density at radius 1 is 0.893 bits per heavy atom. The average molecular weight is 440 g/mol. The van der Waals surface area contributed by atoms with Gasteiger partial charge in [0.2, 0.25) is 6.79 Å². The molecule has 1 N–H and O–H groups in total. The predicted molar refractivity (Wildman–Crippen MR) is 113 cm³/mol. The Morgan fingerprint density at radius 2 is 1.54 bits per heavy atom. The van der Waals surface area contributed by atoms with Crippen molar-refractivity contribution >= 4 is 15.9 Å². The van der Waals surface area contributed by atoms with Crippen molar-refractivity contribution in [2.24, 2.45) is 0 Å². The molecule has 0 aromatic heterocycles. The third kappa shape index (κ3) is 4.86. The van der Waals surface area contributed by atoms with Crippen LogP contribution in [0.5, 0.6) is 17.2 Å². The van der Waals surface area contributed by atoms with Gasteiger partial charge >= 0.3 is 0 Å². The van der Waals surface area contributed by atoms with E-state index in [2.05, 4.69) is 69.8 Å². The number of ether oxygens (including phenoxy) is 3. The summed E-state index contributed by atoms with van der Waals surface area (Å²) < 4.78 is 17.9. The molecular formula is C23H22BrNO3. The molecule has 0 bridgehead atoms. The third-order valence-electron chi connectivity index (χ3n) is 4.63. The summed E-state index contributed by atoms with van der Waals surface area (Å²) in [4.78, 5) is 0. The lowest BCUT2D eigenvalue weighted by molar-refractivity contribution is 0.173. The number of hydrogen-bond donors (Lipinski definition) is 1. The highest BCUT2D eigenvalue weighted by Crippen LogP contribution is 2.40. The fraction of sp³-hybridized carbons (Fsp3) is 0.217. The van der Waals surface area contributed by atoms with Crippen molar-refractivity contribution in [3.63, 3.8) is 0 Å². The number of benzene rings is 3. The molecule has 5 heteroatoms. The van der Waals surface area contributed by atoms with Gasteiger partial charge in [0.25, 0.3) is 0 Å². The Balaban J connectivity index is 1.44. The first-order chi connectivity index (χ1) is 13.8.